The molecule has 0 aromatic carbocycles. The normalized spacial score (nSPS) is 14.2. The summed E-state index contributed by atoms with van der Waals surface area (Å²) in [6.45, 7) is 9.42. The van der Waals surface area contributed by atoms with E-state index < -0.39 is 5.60 Å². The summed E-state index contributed by atoms with van der Waals surface area (Å²) in [5, 5.41) is 16.6. The molecule has 0 aliphatic heterocycles. The molecule has 5 nitrogen and oxygen atoms in total. The maximum Gasteiger partial charge on any atom is 0.224 e. The number of aliphatic hydroxyl groups is 1. The van der Waals surface area contributed by atoms with Crippen LogP contribution in [0.15, 0.2) is 10.7 Å². The lowest BCUT2D eigenvalue weighted by Gasteiger charge is -2.26. The van der Waals surface area contributed by atoms with Crippen LogP contribution in [0.25, 0.3) is 0 Å². The van der Waals surface area contributed by atoms with Gasteiger partial charge in [-0.25, -0.2) is 4.98 Å². The molecule has 0 fully saturated rings. The summed E-state index contributed by atoms with van der Waals surface area (Å²) in [5.74, 6) is 1.74. The number of nitrogens with one attached hydrogen (secondary N) is 2. The zero-order chi connectivity index (χ0) is 15.2. The Morgan fingerprint density at radius 1 is 1.40 bits per heavy atom. The van der Waals surface area contributed by atoms with Crippen LogP contribution >= 0.6 is 15.9 Å². The van der Waals surface area contributed by atoms with E-state index in [2.05, 4.69) is 57.3 Å². The molecular formula is C14H25BrN4O. The van der Waals surface area contributed by atoms with Gasteiger partial charge in [0, 0.05) is 19.3 Å². The largest absolute Gasteiger partial charge is 0.388 e. The number of hydrogen-bond acceptors (Lipinski definition) is 5. The molecule has 6 heteroatoms. The van der Waals surface area contributed by atoms with Gasteiger partial charge in [0.25, 0.3) is 0 Å². The van der Waals surface area contributed by atoms with Crippen molar-refractivity contribution in [2.24, 2.45) is 5.92 Å². The smallest absolute Gasteiger partial charge is 0.224 e. The fourth-order valence-corrected chi connectivity index (χ4v) is 2.37. The molecule has 0 bridgehead atoms. The Bertz CT molecular complexity index is 424. The molecule has 0 spiro atoms. The molecule has 0 aliphatic rings. The lowest BCUT2D eigenvalue weighted by molar-refractivity contribution is 0.0514. The third-order valence-electron chi connectivity index (χ3n) is 2.76. The molecular weight excluding hydrogens is 320 g/mol. The van der Waals surface area contributed by atoms with Gasteiger partial charge < -0.3 is 15.7 Å². The van der Waals surface area contributed by atoms with Crippen molar-refractivity contribution >= 4 is 27.7 Å². The van der Waals surface area contributed by atoms with Crippen LogP contribution in [-0.4, -0.2) is 33.8 Å². The number of aromatic nitrogens is 2. The third kappa shape index (κ3) is 6.05. The predicted octanol–water partition coefficient (Wildman–Crippen LogP) is 3.27. The number of anilines is 2. The molecule has 114 valence electrons. The minimum atomic E-state index is -0.754. The quantitative estimate of drug-likeness (QED) is 0.675. The van der Waals surface area contributed by atoms with Crippen LogP contribution in [-0.2, 0) is 0 Å². The van der Waals surface area contributed by atoms with E-state index in [-0.39, 0.29) is 0 Å². The lowest BCUT2D eigenvalue weighted by Crippen LogP contribution is -2.35. The van der Waals surface area contributed by atoms with Crippen LogP contribution in [0.4, 0.5) is 11.8 Å². The molecule has 0 saturated carbocycles. The maximum absolute atomic E-state index is 10.3. The lowest BCUT2D eigenvalue weighted by atomic mass is 9.94. The average molecular weight is 345 g/mol. The Balaban J connectivity index is 2.66. The number of nitrogens with zero attached hydrogens (tertiary/aromatic N) is 2. The molecule has 0 radical (unpaired) electrons. The molecule has 20 heavy (non-hydrogen) atoms. The van der Waals surface area contributed by atoms with Gasteiger partial charge in [-0.3, -0.25) is 0 Å². The van der Waals surface area contributed by atoms with Crippen LogP contribution in [0.5, 0.6) is 0 Å². The van der Waals surface area contributed by atoms with Gasteiger partial charge in [0.2, 0.25) is 5.95 Å². The first-order valence-electron chi connectivity index (χ1n) is 7.06. The molecule has 1 unspecified atom stereocenters. The summed E-state index contributed by atoms with van der Waals surface area (Å²) >= 11 is 3.42. The number of halogens is 1. The number of rotatable bonds is 8. The third-order valence-corrected chi connectivity index (χ3v) is 3.34. The summed E-state index contributed by atoms with van der Waals surface area (Å²) in [5.41, 5.74) is -0.754. The topological polar surface area (TPSA) is 70.1 Å². The predicted molar refractivity (Wildman–Crippen MR) is 87.1 cm³/mol. The Labute approximate surface area is 129 Å². The van der Waals surface area contributed by atoms with Crippen molar-refractivity contribution in [2.75, 3.05) is 23.7 Å². The highest BCUT2D eigenvalue weighted by Gasteiger charge is 2.22. The van der Waals surface area contributed by atoms with E-state index in [1.807, 2.05) is 6.92 Å². The summed E-state index contributed by atoms with van der Waals surface area (Å²) < 4.78 is 0.792. The fraction of sp³-hybridized carbons (Fsp3) is 0.714. The van der Waals surface area contributed by atoms with E-state index in [0.29, 0.717) is 24.2 Å². The second-order valence-corrected chi connectivity index (χ2v) is 6.62. The number of hydrogen-bond donors (Lipinski definition) is 3. The standard InChI is InChI=1S/C14H25BrN4O/c1-5-6-16-13-17-8-11(15)12(19-13)18-9-14(4,20)7-10(2)3/h8,10,20H,5-7,9H2,1-4H3,(H2,16,17,18,19). The maximum atomic E-state index is 10.3. The molecule has 0 amide bonds. The zero-order valence-electron chi connectivity index (χ0n) is 12.7. The van der Waals surface area contributed by atoms with Gasteiger partial charge in [-0.1, -0.05) is 20.8 Å². The second-order valence-electron chi connectivity index (χ2n) is 5.77. The SMILES string of the molecule is CCCNc1ncc(Br)c(NCC(C)(O)CC(C)C)n1. The Morgan fingerprint density at radius 2 is 2.10 bits per heavy atom. The minimum absolute atomic E-state index is 0.447. The highest BCUT2D eigenvalue weighted by atomic mass is 79.9. The van der Waals surface area contributed by atoms with E-state index in [4.69, 9.17) is 0 Å². The molecule has 1 atom stereocenters. The first kappa shape index (κ1) is 17.2. The highest BCUT2D eigenvalue weighted by molar-refractivity contribution is 9.10. The monoisotopic (exact) mass is 344 g/mol. The van der Waals surface area contributed by atoms with Crippen LogP contribution in [0, 0.1) is 5.92 Å². The Hall–Kier alpha value is -0.880. The van der Waals surface area contributed by atoms with E-state index in [9.17, 15) is 5.11 Å². The van der Waals surface area contributed by atoms with E-state index >= 15 is 0 Å². The van der Waals surface area contributed by atoms with Crippen molar-refractivity contribution in [3.63, 3.8) is 0 Å². The van der Waals surface area contributed by atoms with Crippen LogP contribution in [0.2, 0.25) is 0 Å². The van der Waals surface area contributed by atoms with Gasteiger partial charge in [-0.15, -0.1) is 0 Å². The Kier molecular flexibility index (Phi) is 6.68. The van der Waals surface area contributed by atoms with Gasteiger partial charge in [-0.05, 0) is 41.6 Å². The molecule has 1 aromatic rings. The molecule has 0 saturated heterocycles. The van der Waals surface area contributed by atoms with E-state index in [1.165, 1.54) is 0 Å². The van der Waals surface area contributed by atoms with Gasteiger partial charge in [0.05, 0.1) is 10.1 Å². The highest BCUT2D eigenvalue weighted by Crippen LogP contribution is 2.22. The molecule has 1 heterocycles. The van der Waals surface area contributed by atoms with E-state index in [1.54, 1.807) is 6.20 Å². The molecule has 0 aliphatic carbocycles. The first-order valence-corrected chi connectivity index (χ1v) is 7.86. The average Bonchev–Trinajstić information content (AvgIpc) is 2.34. The van der Waals surface area contributed by atoms with Crippen molar-refractivity contribution in [1.82, 2.24) is 9.97 Å². The second kappa shape index (κ2) is 7.78. The summed E-state index contributed by atoms with van der Waals surface area (Å²) in [6, 6.07) is 0. The van der Waals surface area contributed by atoms with Gasteiger partial charge in [0.1, 0.15) is 5.82 Å². The molecule has 1 rings (SSSR count). The van der Waals surface area contributed by atoms with Gasteiger partial charge in [-0.2, -0.15) is 4.98 Å². The van der Waals surface area contributed by atoms with Crippen LogP contribution in [0.1, 0.15) is 40.5 Å². The summed E-state index contributed by atoms with van der Waals surface area (Å²) in [6.07, 6.45) is 3.47. The van der Waals surface area contributed by atoms with Crippen molar-refractivity contribution in [2.45, 2.75) is 46.1 Å². The van der Waals surface area contributed by atoms with Crippen LogP contribution < -0.4 is 10.6 Å². The first-order chi connectivity index (χ1) is 9.34. The Morgan fingerprint density at radius 3 is 2.70 bits per heavy atom. The zero-order valence-corrected chi connectivity index (χ0v) is 14.3. The van der Waals surface area contributed by atoms with Gasteiger partial charge >= 0.3 is 0 Å². The molecule has 1 aromatic heterocycles. The van der Waals surface area contributed by atoms with Crippen LogP contribution in [0.3, 0.4) is 0 Å². The molecule has 3 N–H and O–H groups in total. The van der Waals surface area contributed by atoms with Crippen molar-refractivity contribution in [3.8, 4) is 0 Å². The minimum Gasteiger partial charge on any atom is -0.388 e. The van der Waals surface area contributed by atoms with Gasteiger partial charge in [0.15, 0.2) is 0 Å². The van der Waals surface area contributed by atoms with Crippen molar-refractivity contribution in [3.05, 3.63) is 10.7 Å². The van der Waals surface area contributed by atoms with E-state index in [0.717, 1.165) is 23.9 Å². The summed E-state index contributed by atoms with van der Waals surface area (Å²) in [7, 11) is 0. The summed E-state index contributed by atoms with van der Waals surface area (Å²) in [4.78, 5) is 8.60. The fourth-order valence-electron chi connectivity index (χ4n) is 2.04. The van der Waals surface area contributed by atoms with Crippen molar-refractivity contribution in [1.29, 1.82) is 0 Å². The van der Waals surface area contributed by atoms with Crippen molar-refractivity contribution < 1.29 is 5.11 Å².